The Morgan fingerprint density at radius 3 is 1.92 bits per heavy atom. The lowest BCUT2D eigenvalue weighted by atomic mass is 9.92. The van der Waals surface area contributed by atoms with E-state index in [-0.39, 0.29) is 5.92 Å². The molecule has 0 rings (SSSR count). The lowest BCUT2D eigenvalue weighted by Crippen LogP contribution is -2.39. The van der Waals surface area contributed by atoms with Crippen LogP contribution in [0.4, 0.5) is 0 Å². The van der Waals surface area contributed by atoms with Gasteiger partial charge in [0.25, 0.3) is 0 Å². The molecule has 0 bridgehead atoms. The van der Waals surface area contributed by atoms with E-state index in [1.54, 1.807) is 6.92 Å². The molecule has 0 saturated heterocycles. The number of aliphatic hydroxyl groups is 1. The van der Waals surface area contributed by atoms with Gasteiger partial charge in [-0.05, 0) is 25.3 Å². The Morgan fingerprint density at radius 2 is 1.85 bits per heavy atom. The molecule has 4 heteroatoms. The Kier molecular flexibility index (Phi) is 3.63. The second-order valence-corrected chi connectivity index (χ2v) is 3.71. The fourth-order valence-corrected chi connectivity index (χ4v) is 1.17. The van der Waals surface area contributed by atoms with Crippen molar-refractivity contribution in [2.24, 2.45) is 17.4 Å². The van der Waals surface area contributed by atoms with Gasteiger partial charge < -0.3 is 16.6 Å². The van der Waals surface area contributed by atoms with Crippen LogP contribution >= 0.6 is 0 Å². The zero-order chi connectivity index (χ0) is 10.8. The Morgan fingerprint density at radius 1 is 1.46 bits per heavy atom. The largest absolute Gasteiger partial charge is 0.372 e. The first-order chi connectivity index (χ1) is 5.68. The normalized spacial score (nSPS) is 18.1. The second-order valence-electron chi connectivity index (χ2n) is 3.71. The molecule has 0 radical (unpaired) electrons. The highest BCUT2D eigenvalue weighted by molar-refractivity contribution is 5.93. The van der Waals surface area contributed by atoms with Gasteiger partial charge in [-0.1, -0.05) is 13.8 Å². The first-order valence-corrected chi connectivity index (χ1v) is 4.20. The van der Waals surface area contributed by atoms with E-state index in [1.807, 2.05) is 13.8 Å². The number of carbonyl (C=O) groups excluding carboxylic acids is 1. The summed E-state index contributed by atoms with van der Waals surface area (Å²) in [5.41, 5.74) is 9.96. The number of hydrogen-bond donors (Lipinski definition) is 3. The van der Waals surface area contributed by atoms with Gasteiger partial charge in [0.2, 0.25) is 5.91 Å². The fourth-order valence-electron chi connectivity index (χ4n) is 1.17. The van der Waals surface area contributed by atoms with Gasteiger partial charge in [-0.25, -0.2) is 0 Å². The minimum Gasteiger partial charge on any atom is -0.372 e. The van der Waals surface area contributed by atoms with Crippen molar-refractivity contribution in [1.82, 2.24) is 0 Å². The van der Waals surface area contributed by atoms with Gasteiger partial charge >= 0.3 is 0 Å². The SMILES string of the molecule is C/C(=C(\C(N)=O)C(C)C)C(C)(N)O. The number of rotatable bonds is 3. The zero-order valence-electron chi connectivity index (χ0n) is 8.59. The van der Waals surface area contributed by atoms with E-state index in [4.69, 9.17) is 11.5 Å². The molecule has 13 heavy (non-hydrogen) atoms. The Hall–Kier alpha value is -0.870. The molecule has 0 saturated carbocycles. The van der Waals surface area contributed by atoms with Crippen LogP contribution in [0.2, 0.25) is 0 Å². The van der Waals surface area contributed by atoms with E-state index in [2.05, 4.69) is 0 Å². The van der Waals surface area contributed by atoms with Gasteiger partial charge in [-0.15, -0.1) is 0 Å². The average molecular weight is 186 g/mol. The van der Waals surface area contributed by atoms with Gasteiger partial charge in [-0.3, -0.25) is 4.79 Å². The summed E-state index contributed by atoms with van der Waals surface area (Å²) in [6, 6.07) is 0. The zero-order valence-corrected chi connectivity index (χ0v) is 8.59. The van der Waals surface area contributed by atoms with Crippen molar-refractivity contribution < 1.29 is 9.90 Å². The molecule has 1 unspecified atom stereocenters. The first kappa shape index (κ1) is 12.1. The van der Waals surface area contributed by atoms with Crippen molar-refractivity contribution in [3.63, 3.8) is 0 Å². The highest BCUT2D eigenvalue weighted by atomic mass is 16.3. The summed E-state index contributed by atoms with van der Waals surface area (Å²) in [6.45, 7) is 6.69. The number of primary amides is 1. The van der Waals surface area contributed by atoms with Gasteiger partial charge in [0.15, 0.2) is 0 Å². The molecule has 0 aliphatic carbocycles. The summed E-state index contributed by atoms with van der Waals surface area (Å²) in [5, 5.41) is 9.47. The van der Waals surface area contributed by atoms with Gasteiger partial charge in [0, 0.05) is 5.57 Å². The van der Waals surface area contributed by atoms with Crippen LogP contribution in [0.3, 0.4) is 0 Å². The van der Waals surface area contributed by atoms with Crippen LogP contribution in [0.1, 0.15) is 27.7 Å². The van der Waals surface area contributed by atoms with Crippen molar-refractivity contribution in [2.75, 3.05) is 0 Å². The third-order valence-corrected chi connectivity index (χ3v) is 2.01. The predicted octanol–water partition coefficient (Wildman–Crippen LogP) is 0.111. The quantitative estimate of drug-likeness (QED) is 0.431. The predicted molar refractivity (Wildman–Crippen MR) is 51.5 cm³/mol. The smallest absolute Gasteiger partial charge is 0.244 e. The number of hydrogen-bond acceptors (Lipinski definition) is 3. The van der Waals surface area contributed by atoms with Crippen molar-refractivity contribution in [1.29, 1.82) is 0 Å². The monoisotopic (exact) mass is 186 g/mol. The molecule has 76 valence electrons. The summed E-state index contributed by atoms with van der Waals surface area (Å²) < 4.78 is 0. The second kappa shape index (κ2) is 3.89. The van der Waals surface area contributed by atoms with Crippen molar-refractivity contribution in [3.05, 3.63) is 11.1 Å². The molecular weight excluding hydrogens is 168 g/mol. The summed E-state index contributed by atoms with van der Waals surface area (Å²) >= 11 is 0. The first-order valence-electron chi connectivity index (χ1n) is 4.20. The van der Waals surface area contributed by atoms with Crippen LogP contribution in [0, 0.1) is 5.92 Å². The maximum Gasteiger partial charge on any atom is 0.244 e. The molecule has 0 fully saturated rings. The number of nitrogens with two attached hydrogens (primary N) is 2. The van der Waals surface area contributed by atoms with Crippen molar-refractivity contribution in [2.45, 2.75) is 33.4 Å². The Bertz CT molecular complexity index is 236. The molecule has 0 aliphatic rings. The average Bonchev–Trinajstić information content (AvgIpc) is 1.82. The molecule has 0 spiro atoms. The van der Waals surface area contributed by atoms with Crippen LogP contribution in [-0.4, -0.2) is 16.7 Å². The maximum atomic E-state index is 11.0. The third-order valence-electron chi connectivity index (χ3n) is 2.01. The van der Waals surface area contributed by atoms with E-state index in [0.29, 0.717) is 11.1 Å². The molecule has 5 N–H and O–H groups in total. The summed E-state index contributed by atoms with van der Waals surface area (Å²) in [5.74, 6) is -0.564. The number of carbonyl (C=O) groups is 1. The Balaban J connectivity index is 5.23. The van der Waals surface area contributed by atoms with Crippen molar-refractivity contribution in [3.8, 4) is 0 Å². The highest BCUT2D eigenvalue weighted by Gasteiger charge is 2.24. The van der Waals surface area contributed by atoms with Crippen LogP contribution in [0.25, 0.3) is 0 Å². The molecule has 1 amide bonds. The van der Waals surface area contributed by atoms with E-state index in [9.17, 15) is 9.90 Å². The molecule has 4 nitrogen and oxygen atoms in total. The lowest BCUT2D eigenvalue weighted by molar-refractivity contribution is -0.115. The van der Waals surface area contributed by atoms with Crippen LogP contribution in [0.5, 0.6) is 0 Å². The van der Waals surface area contributed by atoms with E-state index in [0.717, 1.165) is 0 Å². The fraction of sp³-hybridized carbons (Fsp3) is 0.667. The van der Waals surface area contributed by atoms with E-state index < -0.39 is 11.6 Å². The molecule has 1 atom stereocenters. The lowest BCUT2D eigenvalue weighted by Gasteiger charge is -2.23. The minimum absolute atomic E-state index is 0.0347. The van der Waals surface area contributed by atoms with Gasteiger partial charge in [0.05, 0.1) is 0 Å². The molecular formula is C9H18N2O2. The molecule has 0 aliphatic heterocycles. The van der Waals surface area contributed by atoms with E-state index in [1.165, 1.54) is 6.92 Å². The third kappa shape index (κ3) is 3.16. The van der Waals surface area contributed by atoms with Crippen LogP contribution < -0.4 is 11.5 Å². The standard InChI is InChI=1S/C9H18N2O2/c1-5(2)7(8(10)12)6(3)9(4,11)13/h5,13H,11H2,1-4H3,(H2,10,12)/b7-6+. The van der Waals surface area contributed by atoms with E-state index >= 15 is 0 Å². The maximum absolute atomic E-state index is 11.0. The summed E-state index contributed by atoms with van der Waals surface area (Å²) in [6.07, 6.45) is 0. The van der Waals surface area contributed by atoms with Crippen LogP contribution in [-0.2, 0) is 4.79 Å². The van der Waals surface area contributed by atoms with Gasteiger partial charge in [0.1, 0.15) is 5.72 Å². The molecule has 0 aromatic rings. The topological polar surface area (TPSA) is 89.3 Å². The van der Waals surface area contributed by atoms with Gasteiger partial charge in [-0.2, -0.15) is 0 Å². The molecule has 0 heterocycles. The minimum atomic E-state index is -1.48. The van der Waals surface area contributed by atoms with Crippen LogP contribution in [0.15, 0.2) is 11.1 Å². The van der Waals surface area contributed by atoms with Crippen molar-refractivity contribution >= 4 is 5.91 Å². The Labute approximate surface area is 78.6 Å². The molecule has 0 aromatic carbocycles. The highest BCUT2D eigenvalue weighted by Crippen LogP contribution is 2.20. The molecule has 0 aromatic heterocycles. The number of amides is 1. The summed E-state index contributed by atoms with van der Waals surface area (Å²) in [4.78, 5) is 11.0. The summed E-state index contributed by atoms with van der Waals surface area (Å²) in [7, 11) is 0.